The van der Waals surface area contributed by atoms with Gasteiger partial charge in [0.2, 0.25) is 5.91 Å². The van der Waals surface area contributed by atoms with Gasteiger partial charge in [-0.25, -0.2) is 4.79 Å². The zero-order valence-corrected chi connectivity index (χ0v) is 17.0. The molecule has 0 aliphatic carbocycles. The van der Waals surface area contributed by atoms with E-state index in [1.165, 1.54) is 0 Å². The van der Waals surface area contributed by atoms with Crippen LogP contribution in [0.2, 0.25) is 0 Å². The number of ether oxygens (including phenoxy) is 1. The predicted molar refractivity (Wildman–Crippen MR) is 116 cm³/mol. The number of aryl methyl sites for hydroxylation is 1. The van der Waals surface area contributed by atoms with E-state index < -0.39 is 0 Å². The van der Waals surface area contributed by atoms with Crippen molar-refractivity contribution in [2.45, 2.75) is 20.0 Å². The molecule has 5 heteroatoms. The minimum Gasteiger partial charge on any atom is -0.423 e. The number of carbonyl (C=O) groups excluding carboxylic acids is 2. The lowest BCUT2D eigenvalue weighted by molar-refractivity contribution is -0.134. The van der Waals surface area contributed by atoms with Crippen LogP contribution in [0.4, 0.5) is 5.69 Å². The van der Waals surface area contributed by atoms with Crippen molar-refractivity contribution in [2.24, 2.45) is 0 Å². The molecule has 5 nitrogen and oxygen atoms in total. The van der Waals surface area contributed by atoms with Crippen molar-refractivity contribution in [2.75, 3.05) is 18.0 Å². The van der Waals surface area contributed by atoms with Gasteiger partial charge < -0.3 is 14.5 Å². The number of carbonyl (C=O) groups is 2. The van der Waals surface area contributed by atoms with E-state index in [2.05, 4.69) is 0 Å². The second kappa shape index (κ2) is 8.82. The largest absolute Gasteiger partial charge is 0.423 e. The molecule has 0 bridgehead atoms. The van der Waals surface area contributed by atoms with Crippen LogP contribution in [0.5, 0.6) is 5.75 Å². The number of rotatable bonds is 6. The van der Waals surface area contributed by atoms with Gasteiger partial charge in [0.1, 0.15) is 6.54 Å². The van der Waals surface area contributed by atoms with Gasteiger partial charge in [-0.3, -0.25) is 4.79 Å². The third kappa shape index (κ3) is 4.69. The topological polar surface area (TPSA) is 49.9 Å². The van der Waals surface area contributed by atoms with Crippen molar-refractivity contribution in [1.82, 2.24) is 4.90 Å². The van der Waals surface area contributed by atoms with Crippen LogP contribution in [0, 0.1) is 6.92 Å². The predicted octanol–water partition coefficient (Wildman–Crippen LogP) is 3.95. The maximum absolute atomic E-state index is 13.3. The number of hydrogen-bond donors (Lipinski definition) is 0. The van der Waals surface area contributed by atoms with Crippen LogP contribution in [0.3, 0.4) is 0 Å². The standard InChI is InChI=1S/C25H24N2O3/c1-19-12-13-22-23(14-19)30-25(29)18-26(22)17-24(28)27(15-20-8-4-2-5-9-20)16-21-10-6-3-7-11-21/h2-14H,15-18H2,1H3. The van der Waals surface area contributed by atoms with Gasteiger partial charge in [-0.1, -0.05) is 66.7 Å². The van der Waals surface area contributed by atoms with E-state index in [9.17, 15) is 9.59 Å². The third-order valence-corrected chi connectivity index (χ3v) is 5.11. The van der Waals surface area contributed by atoms with Crippen molar-refractivity contribution in [1.29, 1.82) is 0 Å². The van der Waals surface area contributed by atoms with Crippen LogP contribution in [0.25, 0.3) is 0 Å². The summed E-state index contributed by atoms with van der Waals surface area (Å²) in [6, 6.07) is 25.6. The summed E-state index contributed by atoms with van der Waals surface area (Å²) in [5.74, 6) is 0.124. The number of fused-ring (bicyclic) bond motifs is 1. The molecular formula is C25H24N2O3. The quantitative estimate of drug-likeness (QED) is 0.464. The van der Waals surface area contributed by atoms with Crippen molar-refractivity contribution in [3.8, 4) is 5.75 Å². The molecule has 0 N–H and O–H groups in total. The van der Waals surface area contributed by atoms with Crippen LogP contribution in [0.15, 0.2) is 78.9 Å². The van der Waals surface area contributed by atoms with E-state index in [1.54, 1.807) is 4.90 Å². The minimum atomic E-state index is -0.349. The first-order chi connectivity index (χ1) is 14.6. The Morgan fingerprint density at radius 2 is 1.53 bits per heavy atom. The Kier molecular flexibility index (Phi) is 5.80. The maximum Gasteiger partial charge on any atom is 0.331 e. The molecule has 0 atom stereocenters. The molecule has 0 unspecified atom stereocenters. The highest BCUT2D eigenvalue weighted by atomic mass is 16.5. The van der Waals surface area contributed by atoms with Crippen LogP contribution in [-0.4, -0.2) is 29.9 Å². The van der Waals surface area contributed by atoms with E-state index in [4.69, 9.17) is 4.74 Å². The highest BCUT2D eigenvalue weighted by molar-refractivity contribution is 5.89. The monoisotopic (exact) mass is 400 g/mol. The van der Waals surface area contributed by atoms with Crippen LogP contribution in [0.1, 0.15) is 16.7 Å². The summed E-state index contributed by atoms with van der Waals surface area (Å²) in [7, 11) is 0. The lowest BCUT2D eigenvalue weighted by Gasteiger charge is -2.32. The van der Waals surface area contributed by atoms with Crippen molar-refractivity contribution in [3.05, 3.63) is 95.6 Å². The second-order valence-corrected chi connectivity index (χ2v) is 7.52. The Hall–Kier alpha value is -3.60. The number of hydrogen-bond acceptors (Lipinski definition) is 4. The van der Waals surface area contributed by atoms with E-state index >= 15 is 0 Å². The van der Waals surface area contributed by atoms with Crippen molar-refractivity contribution in [3.63, 3.8) is 0 Å². The van der Waals surface area contributed by atoms with E-state index in [1.807, 2.05) is 90.7 Å². The fourth-order valence-electron chi connectivity index (χ4n) is 3.60. The maximum atomic E-state index is 13.3. The Balaban J connectivity index is 1.56. The molecule has 152 valence electrons. The highest BCUT2D eigenvalue weighted by Crippen LogP contribution is 2.32. The SMILES string of the molecule is Cc1ccc2c(c1)OC(=O)CN2CC(=O)N(Cc1ccccc1)Cc1ccccc1. The van der Waals surface area contributed by atoms with Gasteiger partial charge in [-0.15, -0.1) is 0 Å². The molecule has 1 heterocycles. The Bertz CT molecular complexity index is 993. The summed E-state index contributed by atoms with van der Waals surface area (Å²) in [6.07, 6.45) is 0. The highest BCUT2D eigenvalue weighted by Gasteiger charge is 2.27. The molecule has 3 aromatic rings. The summed E-state index contributed by atoms with van der Waals surface area (Å²) in [6.45, 7) is 3.14. The minimum absolute atomic E-state index is 0.0380. The lowest BCUT2D eigenvalue weighted by atomic mass is 10.1. The van der Waals surface area contributed by atoms with E-state index in [0.29, 0.717) is 18.8 Å². The van der Waals surface area contributed by atoms with Crippen molar-refractivity contribution >= 4 is 17.6 Å². The zero-order valence-electron chi connectivity index (χ0n) is 17.0. The average Bonchev–Trinajstić information content (AvgIpc) is 2.74. The molecule has 0 saturated heterocycles. The van der Waals surface area contributed by atoms with E-state index in [-0.39, 0.29) is 25.0 Å². The third-order valence-electron chi connectivity index (χ3n) is 5.11. The Morgan fingerprint density at radius 3 is 2.13 bits per heavy atom. The van der Waals surface area contributed by atoms with Crippen LogP contribution in [-0.2, 0) is 22.7 Å². The zero-order chi connectivity index (χ0) is 20.9. The van der Waals surface area contributed by atoms with Gasteiger partial charge in [-0.2, -0.15) is 0 Å². The molecule has 1 aliphatic rings. The number of esters is 1. The van der Waals surface area contributed by atoms with Gasteiger partial charge >= 0.3 is 5.97 Å². The van der Waals surface area contributed by atoms with Crippen molar-refractivity contribution < 1.29 is 14.3 Å². The van der Waals surface area contributed by atoms with Gasteiger partial charge in [0.15, 0.2) is 5.75 Å². The van der Waals surface area contributed by atoms with Gasteiger partial charge in [-0.05, 0) is 35.7 Å². The summed E-state index contributed by atoms with van der Waals surface area (Å²) >= 11 is 0. The summed E-state index contributed by atoms with van der Waals surface area (Å²) < 4.78 is 5.37. The molecule has 30 heavy (non-hydrogen) atoms. The molecule has 0 aromatic heterocycles. The van der Waals surface area contributed by atoms with E-state index in [0.717, 1.165) is 22.4 Å². The molecule has 0 saturated carbocycles. The first-order valence-corrected chi connectivity index (χ1v) is 10.0. The second-order valence-electron chi connectivity index (χ2n) is 7.52. The van der Waals surface area contributed by atoms with Gasteiger partial charge in [0.25, 0.3) is 0 Å². The lowest BCUT2D eigenvalue weighted by Crippen LogP contribution is -2.44. The van der Waals surface area contributed by atoms with Gasteiger partial charge in [0.05, 0.1) is 12.2 Å². The molecule has 3 aromatic carbocycles. The summed E-state index contributed by atoms with van der Waals surface area (Å²) in [4.78, 5) is 29.1. The first-order valence-electron chi connectivity index (χ1n) is 10.0. The average molecular weight is 400 g/mol. The molecule has 0 fully saturated rings. The smallest absolute Gasteiger partial charge is 0.331 e. The van der Waals surface area contributed by atoms with Gasteiger partial charge in [0, 0.05) is 13.1 Å². The number of amides is 1. The summed E-state index contributed by atoms with van der Waals surface area (Å²) in [5, 5.41) is 0. The molecule has 1 amide bonds. The normalized spacial score (nSPS) is 12.8. The first kappa shape index (κ1) is 19.7. The van der Waals surface area contributed by atoms with Crippen LogP contribution < -0.4 is 9.64 Å². The number of nitrogens with zero attached hydrogens (tertiary/aromatic N) is 2. The van der Waals surface area contributed by atoms with Crippen LogP contribution >= 0.6 is 0 Å². The molecule has 4 rings (SSSR count). The number of benzene rings is 3. The Labute approximate surface area is 176 Å². The number of anilines is 1. The Morgan fingerprint density at radius 1 is 0.933 bits per heavy atom. The fraction of sp³-hybridized carbons (Fsp3) is 0.200. The fourth-order valence-corrected chi connectivity index (χ4v) is 3.60. The summed E-state index contributed by atoms with van der Waals surface area (Å²) in [5.41, 5.74) is 3.91. The molecule has 1 aliphatic heterocycles. The molecule has 0 spiro atoms. The molecule has 0 radical (unpaired) electrons. The molecular weight excluding hydrogens is 376 g/mol.